The van der Waals surface area contributed by atoms with Crippen molar-refractivity contribution in [3.05, 3.63) is 0 Å². The smallest absolute Gasteiger partial charge is 0.410 e. The number of nitrogens with zero attached hydrogens (tertiary/aromatic N) is 2. The summed E-state index contributed by atoms with van der Waals surface area (Å²) in [6, 6.07) is -0.305. The SMILES string of the molecule is C[C@H](O)C[C@@H]1CN(C(=O)OC(C)(C)C)CCN1C(=O)OC(C)(C)C. The van der Waals surface area contributed by atoms with E-state index >= 15 is 0 Å². The third kappa shape index (κ3) is 6.95. The number of piperazine rings is 1. The van der Waals surface area contributed by atoms with Gasteiger partial charge in [0.1, 0.15) is 11.2 Å². The Morgan fingerprint density at radius 2 is 1.54 bits per heavy atom. The Kier molecular flexibility index (Phi) is 6.50. The van der Waals surface area contributed by atoms with Crippen LogP contribution in [0.15, 0.2) is 0 Å². The van der Waals surface area contributed by atoms with E-state index in [-0.39, 0.29) is 6.04 Å². The van der Waals surface area contributed by atoms with E-state index in [0.717, 1.165) is 0 Å². The second kappa shape index (κ2) is 7.59. The molecule has 1 rings (SSSR count). The van der Waals surface area contributed by atoms with Gasteiger partial charge in [-0.25, -0.2) is 9.59 Å². The Morgan fingerprint density at radius 3 is 2.00 bits per heavy atom. The Hall–Kier alpha value is -1.50. The van der Waals surface area contributed by atoms with E-state index < -0.39 is 29.5 Å². The second-order valence-corrected chi connectivity index (χ2v) is 8.34. The van der Waals surface area contributed by atoms with Crippen LogP contribution in [0.1, 0.15) is 54.9 Å². The first-order chi connectivity index (χ1) is 10.8. The summed E-state index contributed by atoms with van der Waals surface area (Å²) in [6.45, 7) is 13.6. The molecule has 0 radical (unpaired) electrons. The van der Waals surface area contributed by atoms with Crippen LogP contribution in [0.4, 0.5) is 9.59 Å². The fraction of sp³-hybridized carbons (Fsp3) is 0.882. The highest BCUT2D eigenvalue weighted by molar-refractivity contribution is 5.71. The molecule has 2 amide bonds. The van der Waals surface area contributed by atoms with Crippen molar-refractivity contribution in [2.75, 3.05) is 19.6 Å². The van der Waals surface area contributed by atoms with Crippen molar-refractivity contribution >= 4 is 12.2 Å². The van der Waals surface area contributed by atoms with E-state index in [1.807, 2.05) is 41.5 Å². The summed E-state index contributed by atoms with van der Waals surface area (Å²) in [7, 11) is 0. The molecule has 0 unspecified atom stereocenters. The molecule has 0 bridgehead atoms. The third-order valence-corrected chi connectivity index (χ3v) is 3.38. The maximum atomic E-state index is 12.4. The molecule has 1 saturated heterocycles. The van der Waals surface area contributed by atoms with E-state index in [2.05, 4.69) is 0 Å². The lowest BCUT2D eigenvalue weighted by Gasteiger charge is -2.42. The molecule has 0 aromatic rings. The van der Waals surface area contributed by atoms with Crippen molar-refractivity contribution in [3.63, 3.8) is 0 Å². The van der Waals surface area contributed by atoms with Gasteiger partial charge in [-0.2, -0.15) is 0 Å². The van der Waals surface area contributed by atoms with Crippen LogP contribution >= 0.6 is 0 Å². The average Bonchev–Trinajstić information content (AvgIpc) is 2.33. The first kappa shape index (κ1) is 20.5. The van der Waals surface area contributed by atoms with Crippen molar-refractivity contribution in [1.82, 2.24) is 9.80 Å². The van der Waals surface area contributed by atoms with Crippen molar-refractivity contribution in [1.29, 1.82) is 0 Å². The largest absolute Gasteiger partial charge is 0.444 e. The predicted octanol–water partition coefficient (Wildman–Crippen LogP) is 2.61. The number of amides is 2. The van der Waals surface area contributed by atoms with E-state index in [1.54, 1.807) is 16.7 Å². The quantitative estimate of drug-likeness (QED) is 0.833. The van der Waals surface area contributed by atoms with Crippen LogP contribution in [0.25, 0.3) is 0 Å². The van der Waals surface area contributed by atoms with Crippen LogP contribution in [-0.4, -0.2) is 70.1 Å². The molecule has 2 atom stereocenters. The maximum absolute atomic E-state index is 12.4. The molecule has 7 nitrogen and oxygen atoms in total. The van der Waals surface area contributed by atoms with Crippen LogP contribution in [-0.2, 0) is 9.47 Å². The molecule has 140 valence electrons. The van der Waals surface area contributed by atoms with Gasteiger partial charge in [0.25, 0.3) is 0 Å². The Balaban J connectivity index is 2.80. The topological polar surface area (TPSA) is 79.3 Å². The highest BCUT2D eigenvalue weighted by atomic mass is 16.6. The lowest BCUT2D eigenvalue weighted by molar-refractivity contribution is -0.0211. The van der Waals surface area contributed by atoms with Crippen LogP contribution in [0.2, 0.25) is 0 Å². The van der Waals surface area contributed by atoms with Crippen LogP contribution in [0.3, 0.4) is 0 Å². The van der Waals surface area contributed by atoms with Gasteiger partial charge >= 0.3 is 12.2 Å². The molecular weight excluding hydrogens is 312 g/mol. The Morgan fingerprint density at radius 1 is 1.04 bits per heavy atom. The van der Waals surface area contributed by atoms with Gasteiger partial charge < -0.3 is 24.4 Å². The number of carbonyl (C=O) groups excluding carboxylic acids is 2. The van der Waals surface area contributed by atoms with Gasteiger partial charge in [-0.3, -0.25) is 0 Å². The highest BCUT2D eigenvalue weighted by Gasteiger charge is 2.36. The number of aliphatic hydroxyl groups excluding tert-OH is 1. The minimum Gasteiger partial charge on any atom is -0.444 e. The lowest BCUT2D eigenvalue weighted by atomic mass is 10.1. The molecule has 0 aliphatic carbocycles. The van der Waals surface area contributed by atoms with Crippen LogP contribution in [0, 0.1) is 0 Å². The highest BCUT2D eigenvalue weighted by Crippen LogP contribution is 2.20. The molecule has 0 aromatic carbocycles. The summed E-state index contributed by atoms with van der Waals surface area (Å²) in [4.78, 5) is 27.8. The van der Waals surface area contributed by atoms with Crippen molar-refractivity contribution in [3.8, 4) is 0 Å². The summed E-state index contributed by atoms with van der Waals surface area (Å²) in [5.74, 6) is 0. The Labute approximate surface area is 144 Å². The zero-order chi connectivity index (χ0) is 18.7. The number of carbonyl (C=O) groups is 2. The molecule has 1 fully saturated rings. The minimum atomic E-state index is -0.589. The van der Waals surface area contributed by atoms with Crippen LogP contribution < -0.4 is 0 Å². The lowest BCUT2D eigenvalue weighted by Crippen LogP contribution is -2.58. The fourth-order valence-corrected chi connectivity index (χ4v) is 2.50. The molecule has 1 heterocycles. The normalized spacial score (nSPS) is 20.6. The van der Waals surface area contributed by atoms with E-state index in [9.17, 15) is 14.7 Å². The first-order valence-corrected chi connectivity index (χ1v) is 8.44. The van der Waals surface area contributed by atoms with Crippen molar-refractivity contribution < 1.29 is 24.2 Å². The third-order valence-electron chi connectivity index (χ3n) is 3.38. The predicted molar refractivity (Wildman–Crippen MR) is 90.8 cm³/mol. The minimum absolute atomic E-state index is 0.305. The monoisotopic (exact) mass is 344 g/mol. The van der Waals surface area contributed by atoms with E-state index in [1.165, 1.54) is 0 Å². The number of hydrogen-bond acceptors (Lipinski definition) is 5. The molecule has 24 heavy (non-hydrogen) atoms. The Bertz CT molecular complexity index is 451. The van der Waals surface area contributed by atoms with E-state index in [0.29, 0.717) is 26.1 Å². The van der Waals surface area contributed by atoms with Gasteiger partial charge in [0.2, 0.25) is 0 Å². The molecule has 1 N–H and O–H groups in total. The summed E-state index contributed by atoms with van der Waals surface area (Å²) in [5.41, 5.74) is -1.16. The van der Waals surface area contributed by atoms with Crippen molar-refractivity contribution in [2.45, 2.75) is 78.2 Å². The molecular formula is C17H32N2O5. The fourth-order valence-electron chi connectivity index (χ4n) is 2.50. The second-order valence-electron chi connectivity index (χ2n) is 8.34. The number of ether oxygens (including phenoxy) is 2. The van der Waals surface area contributed by atoms with Gasteiger partial charge in [-0.1, -0.05) is 0 Å². The van der Waals surface area contributed by atoms with Crippen molar-refractivity contribution in [2.24, 2.45) is 0 Å². The standard InChI is InChI=1S/C17H32N2O5/c1-12(20)10-13-11-18(14(21)23-16(2,3)4)8-9-19(13)15(22)24-17(5,6)7/h12-13,20H,8-11H2,1-7H3/t12-,13+/m0/s1. The zero-order valence-electron chi connectivity index (χ0n) is 16.0. The van der Waals surface area contributed by atoms with Gasteiger partial charge in [-0.15, -0.1) is 0 Å². The summed E-state index contributed by atoms with van der Waals surface area (Å²) >= 11 is 0. The first-order valence-electron chi connectivity index (χ1n) is 8.44. The molecule has 1 aliphatic rings. The molecule has 7 heteroatoms. The average molecular weight is 344 g/mol. The number of hydrogen-bond donors (Lipinski definition) is 1. The molecule has 0 saturated carbocycles. The molecule has 0 aromatic heterocycles. The summed E-state index contributed by atoms with van der Waals surface area (Å²) in [5, 5.41) is 9.73. The number of aliphatic hydroxyl groups is 1. The van der Waals surface area contributed by atoms with Gasteiger partial charge in [0.05, 0.1) is 12.1 Å². The summed E-state index contributed by atoms with van der Waals surface area (Å²) in [6.07, 6.45) is -1.03. The maximum Gasteiger partial charge on any atom is 0.410 e. The molecule has 0 spiro atoms. The van der Waals surface area contributed by atoms with Gasteiger partial charge in [0, 0.05) is 19.6 Å². The van der Waals surface area contributed by atoms with E-state index in [4.69, 9.17) is 9.47 Å². The van der Waals surface area contributed by atoms with Gasteiger partial charge in [-0.05, 0) is 54.9 Å². The molecule has 1 aliphatic heterocycles. The van der Waals surface area contributed by atoms with Crippen LogP contribution in [0.5, 0.6) is 0 Å². The zero-order valence-corrected chi connectivity index (χ0v) is 16.0. The van der Waals surface area contributed by atoms with Gasteiger partial charge in [0.15, 0.2) is 0 Å². The number of rotatable bonds is 2. The summed E-state index contributed by atoms with van der Waals surface area (Å²) < 4.78 is 10.8.